The highest BCUT2D eigenvalue weighted by Gasteiger charge is 2.17. The first-order chi connectivity index (χ1) is 6.74. The van der Waals surface area contributed by atoms with Crippen molar-refractivity contribution >= 4 is 39.3 Å². The van der Waals surface area contributed by atoms with Crippen molar-refractivity contribution in [3.8, 4) is 0 Å². The number of carbonyl (C=O) groups is 1. The molecule has 14 heavy (non-hydrogen) atoms. The van der Waals surface area contributed by atoms with Gasteiger partial charge in [0.05, 0.1) is 22.4 Å². The van der Waals surface area contributed by atoms with E-state index < -0.39 is 5.97 Å². The largest absolute Gasteiger partial charge is 0.465 e. The molecule has 4 nitrogen and oxygen atoms in total. The third-order valence-corrected chi connectivity index (χ3v) is 2.83. The highest BCUT2D eigenvalue weighted by molar-refractivity contribution is 7.13. The van der Waals surface area contributed by atoms with Crippen LogP contribution in [-0.2, 0) is 4.74 Å². The van der Waals surface area contributed by atoms with Crippen LogP contribution < -0.4 is 0 Å². The van der Waals surface area contributed by atoms with E-state index in [9.17, 15) is 4.79 Å². The van der Waals surface area contributed by atoms with Crippen LogP contribution in [0.15, 0.2) is 12.1 Å². The molecule has 0 aliphatic rings. The van der Waals surface area contributed by atoms with Gasteiger partial charge in [-0.05, 0) is 23.7 Å². The SMILES string of the molecule is COC(=O)c1c(Cl)ccc2nnsc12. The fourth-order valence-electron chi connectivity index (χ4n) is 1.12. The smallest absolute Gasteiger partial charge is 0.340 e. The van der Waals surface area contributed by atoms with Gasteiger partial charge in [-0.3, -0.25) is 0 Å². The summed E-state index contributed by atoms with van der Waals surface area (Å²) < 4.78 is 9.02. The standard InChI is InChI=1S/C8H5ClN2O2S/c1-13-8(12)6-4(9)2-3-5-7(6)14-11-10-5/h2-3H,1H3. The molecule has 0 N–H and O–H groups in total. The summed E-state index contributed by atoms with van der Waals surface area (Å²) in [5.41, 5.74) is 0.987. The lowest BCUT2D eigenvalue weighted by atomic mass is 10.2. The molecular weight excluding hydrogens is 224 g/mol. The van der Waals surface area contributed by atoms with Crippen molar-refractivity contribution in [1.82, 2.24) is 9.59 Å². The molecular formula is C8H5ClN2O2S. The molecule has 0 aliphatic heterocycles. The number of nitrogens with zero attached hydrogens (tertiary/aromatic N) is 2. The highest BCUT2D eigenvalue weighted by Crippen LogP contribution is 2.27. The Labute approximate surface area is 88.6 Å². The lowest BCUT2D eigenvalue weighted by molar-refractivity contribution is 0.0603. The first-order valence-electron chi connectivity index (χ1n) is 3.73. The van der Waals surface area contributed by atoms with E-state index in [4.69, 9.17) is 11.6 Å². The molecule has 1 aromatic heterocycles. The van der Waals surface area contributed by atoms with E-state index in [-0.39, 0.29) is 0 Å². The van der Waals surface area contributed by atoms with Crippen molar-refractivity contribution in [1.29, 1.82) is 0 Å². The van der Waals surface area contributed by atoms with Crippen LogP contribution in [0.5, 0.6) is 0 Å². The molecule has 0 unspecified atom stereocenters. The zero-order valence-corrected chi connectivity index (χ0v) is 8.72. The summed E-state index contributed by atoms with van der Waals surface area (Å²) in [6.45, 7) is 0. The van der Waals surface area contributed by atoms with E-state index in [0.717, 1.165) is 11.5 Å². The summed E-state index contributed by atoms with van der Waals surface area (Å²) in [6.07, 6.45) is 0. The van der Waals surface area contributed by atoms with Gasteiger partial charge in [-0.2, -0.15) is 0 Å². The molecule has 0 bridgehead atoms. The Hall–Kier alpha value is -1.20. The minimum Gasteiger partial charge on any atom is -0.465 e. The molecule has 0 spiro atoms. The summed E-state index contributed by atoms with van der Waals surface area (Å²) in [4.78, 5) is 11.4. The molecule has 0 radical (unpaired) electrons. The summed E-state index contributed by atoms with van der Waals surface area (Å²) in [7, 11) is 1.31. The normalized spacial score (nSPS) is 10.4. The van der Waals surface area contributed by atoms with Crippen molar-refractivity contribution < 1.29 is 9.53 Å². The minimum absolute atomic E-state index is 0.335. The van der Waals surface area contributed by atoms with Gasteiger partial charge < -0.3 is 4.74 Å². The van der Waals surface area contributed by atoms with Crippen molar-refractivity contribution in [3.05, 3.63) is 22.7 Å². The summed E-state index contributed by atoms with van der Waals surface area (Å²) in [5.74, 6) is -0.466. The van der Waals surface area contributed by atoms with Crippen LogP contribution in [0.2, 0.25) is 5.02 Å². The molecule has 6 heteroatoms. The first-order valence-corrected chi connectivity index (χ1v) is 4.88. The number of methoxy groups -OCH3 is 1. The van der Waals surface area contributed by atoms with E-state index in [0.29, 0.717) is 20.8 Å². The maximum absolute atomic E-state index is 11.4. The Morgan fingerprint density at radius 2 is 2.36 bits per heavy atom. The zero-order valence-electron chi connectivity index (χ0n) is 7.15. The molecule has 0 saturated heterocycles. The fourth-order valence-corrected chi connectivity index (χ4v) is 2.10. The Bertz CT molecular complexity index is 497. The topological polar surface area (TPSA) is 52.1 Å². The maximum Gasteiger partial charge on any atom is 0.340 e. The minimum atomic E-state index is -0.466. The van der Waals surface area contributed by atoms with Gasteiger partial charge in [0.1, 0.15) is 5.52 Å². The maximum atomic E-state index is 11.4. The second kappa shape index (κ2) is 3.51. The quantitative estimate of drug-likeness (QED) is 0.702. The number of carbonyl (C=O) groups excluding carboxylic acids is 1. The molecule has 0 amide bonds. The van der Waals surface area contributed by atoms with Crippen LogP contribution in [-0.4, -0.2) is 22.7 Å². The van der Waals surface area contributed by atoms with E-state index in [1.165, 1.54) is 7.11 Å². The molecule has 0 fully saturated rings. The first kappa shape index (κ1) is 9.36. The molecule has 0 saturated carbocycles. The van der Waals surface area contributed by atoms with E-state index in [1.807, 2.05) is 0 Å². The van der Waals surface area contributed by atoms with Crippen LogP contribution in [0.25, 0.3) is 10.2 Å². The Balaban J connectivity index is 2.76. The number of fused-ring (bicyclic) bond motifs is 1. The number of benzene rings is 1. The lowest BCUT2D eigenvalue weighted by Gasteiger charge is -2.01. The molecule has 1 heterocycles. The van der Waals surface area contributed by atoms with Gasteiger partial charge in [-0.1, -0.05) is 16.1 Å². The van der Waals surface area contributed by atoms with E-state index in [1.54, 1.807) is 12.1 Å². The Kier molecular flexibility index (Phi) is 2.35. The van der Waals surface area contributed by atoms with Gasteiger partial charge in [0, 0.05) is 0 Å². The van der Waals surface area contributed by atoms with Crippen molar-refractivity contribution in [2.75, 3.05) is 7.11 Å². The number of aromatic nitrogens is 2. The molecule has 2 rings (SSSR count). The van der Waals surface area contributed by atoms with Gasteiger partial charge >= 0.3 is 5.97 Å². The second-order valence-corrected chi connectivity index (χ2v) is 3.70. The highest BCUT2D eigenvalue weighted by atomic mass is 35.5. The monoisotopic (exact) mass is 228 g/mol. The summed E-state index contributed by atoms with van der Waals surface area (Å²) >= 11 is 7.01. The van der Waals surface area contributed by atoms with Gasteiger partial charge in [0.15, 0.2) is 0 Å². The second-order valence-electron chi connectivity index (χ2n) is 2.54. The number of hydrogen-bond donors (Lipinski definition) is 0. The van der Waals surface area contributed by atoms with Crippen LogP contribution in [0.3, 0.4) is 0 Å². The Morgan fingerprint density at radius 3 is 3.07 bits per heavy atom. The number of esters is 1. The molecule has 72 valence electrons. The van der Waals surface area contributed by atoms with Crippen molar-refractivity contribution in [3.63, 3.8) is 0 Å². The van der Waals surface area contributed by atoms with E-state index >= 15 is 0 Å². The van der Waals surface area contributed by atoms with Crippen LogP contribution in [0.1, 0.15) is 10.4 Å². The number of hydrogen-bond acceptors (Lipinski definition) is 5. The lowest BCUT2D eigenvalue weighted by Crippen LogP contribution is -2.02. The average Bonchev–Trinajstić information content (AvgIpc) is 2.64. The predicted octanol–water partition coefficient (Wildman–Crippen LogP) is 2.13. The van der Waals surface area contributed by atoms with Crippen LogP contribution in [0, 0.1) is 0 Å². The summed E-state index contributed by atoms with van der Waals surface area (Å²) in [6, 6.07) is 3.32. The van der Waals surface area contributed by atoms with Crippen LogP contribution >= 0.6 is 23.1 Å². The third kappa shape index (κ3) is 1.34. The summed E-state index contributed by atoms with van der Waals surface area (Å²) in [5, 5.41) is 4.20. The van der Waals surface area contributed by atoms with Gasteiger partial charge in [0.25, 0.3) is 0 Å². The molecule has 0 atom stereocenters. The van der Waals surface area contributed by atoms with Gasteiger partial charge in [-0.25, -0.2) is 4.79 Å². The van der Waals surface area contributed by atoms with E-state index in [2.05, 4.69) is 14.3 Å². The predicted molar refractivity (Wildman–Crippen MR) is 53.8 cm³/mol. The number of rotatable bonds is 1. The number of ether oxygens (including phenoxy) is 1. The molecule has 0 aliphatic carbocycles. The third-order valence-electron chi connectivity index (χ3n) is 1.76. The van der Waals surface area contributed by atoms with Crippen molar-refractivity contribution in [2.45, 2.75) is 0 Å². The Morgan fingerprint density at radius 1 is 1.57 bits per heavy atom. The molecule has 2 aromatic rings. The fraction of sp³-hybridized carbons (Fsp3) is 0.125. The van der Waals surface area contributed by atoms with Gasteiger partial charge in [0.2, 0.25) is 0 Å². The van der Waals surface area contributed by atoms with Gasteiger partial charge in [-0.15, -0.1) is 5.10 Å². The average molecular weight is 229 g/mol. The van der Waals surface area contributed by atoms with Crippen molar-refractivity contribution in [2.24, 2.45) is 0 Å². The van der Waals surface area contributed by atoms with Crippen LogP contribution in [0.4, 0.5) is 0 Å². The number of halogens is 1. The molecule has 1 aromatic carbocycles. The zero-order chi connectivity index (χ0) is 10.1.